The first-order valence-electron chi connectivity index (χ1n) is 28.5. The molecule has 0 amide bonds. The number of carbonyl (C=O) groups excluding carboxylic acids is 4. The predicted octanol–water partition coefficient (Wildman–Crippen LogP) is 15.5. The van der Waals surface area contributed by atoms with E-state index in [1.54, 1.807) is 0 Å². The topological polar surface area (TPSA) is 130 Å². The monoisotopic (exact) mass is 1070 g/mol. The van der Waals surface area contributed by atoms with Crippen LogP contribution in [0.4, 0.5) is 0 Å². The minimum atomic E-state index is -0.417. The van der Waals surface area contributed by atoms with Crippen molar-refractivity contribution in [3.63, 3.8) is 0 Å². The van der Waals surface area contributed by atoms with Crippen molar-refractivity contribution in [2.75, 3.05) is 0 Å². The van der Waals surface area contributed by atoms with Crippen LogP contribution in [0.3, 0.4) is 0 Å². The van der Waals surface area contributed by atoms with Crippen LogP contribution in [0.2, 0.25) is 0 Å². The number of benzene rings is 4. The van der Waals surface area contributed by atoms with Gasteiger partial charge in [0.2, 0.25) is 0 Å². The van der Waals surface area contributed by atoms with Crippen LogP contribution in [0.15, 0.2) is 72.8 Å². The van der Waals surface area contributed by atoms with E-state index in [0.29, 0.717) is 62.5 Å². The second kappa shape index (κ2) is 25.4. The summed E-state index contributed by atoms with van der Waals surface area (Å²) in [5, 5.41) is 4.15. The van der Waals surface area contributed by atoms with Crippen molar-refractivity contribution in [2.45, 2.75) is 248 Å². The molecule has 2 heterocycles. The number of hydrogen-bond acceptors (Lipinski definition) is 12. The van der Waals surface area contributed by atoms with E-state index in [1.165, 1.54) is 0 Å². The minimum Gasteiger partial charge on any atom is -0.459 e. The maximum absolute atomic E-state index is 13.4. The SMILES string of the molecule is Cc1cc(C)c(C(=O)OC2CC(C)(C)N(OC(C)c3ccc(C(C)OC(=O)CCCCCCC(=O)OC(C)c4ccc(C(C)ON5C(C)(C)CC(OC(=O)c6c(C)cc(C)cc6C)CC5(C)C)cc4)cc3)C(C)(C)C2)c(C)c1. The maximum Gasteiger partial charge on any atom is 0.338 e. The van der Waals surface area contributed by atoms with Gasteiger partial charge in [0.05, 0.1) is 11.1 Å². The summed E-state index contributed by atoms with van der Waals surface area (Å²) in [5.41, 5.74) is 9.40. The number of carbonyl (C=O) groups is 4. The Labute approximate surface area is 467 Å². The normalized spacial score (nSPS) is 19.1. The predicted molar refractivity (Wildman–Crippen MR) is 307 cm³/mol. The Morgan fingerprint density at radius 1 is 0.436 bits per heavy atom. The highest BCUT2D eigenvalue weighted by molar-refractivity contribution is 5.93. The number of ether oxygens (including phenoxy) is 4. The van der Waals surface area contributed by atoms with Gasteiger partial charge in [-0.15, -0.1) is 0 Å². The average molecular weight is 1070 g/mol. The van der Waals surface area contributed by atoms with Crippen LogP contribution >= 0.6 is 0 Å². The first kappa shape index (κ1) is 61.8. The first-order chi connectivity index (χ1) is 36.4. The highest BCUT2D eigenvalue weighted by Gasteiger charge is 2.50. The Morgan fingerprint density at radius 3 is 0.962 bits per heavy atom. The first-order valence-corrected chi connectivity index (χ1v) is 28.5. The molecule has 78 heavy (non-hydrogen) atoms. The molecule has 12 nitrogen and oxygen atoms in total. The van der Waals surface area contributed by atoms with Crippen molar-refractivity contribution in [1.29, 1.82) is 0 Å². The van der Waals surface area contributed by atoms with Crippen LogP contribution in [0.1, 0.15) is 248 Å². The Hall–Kier alpha value is -5.40. The molecule has 0 aromatic heterocycles. The lowest BCUT2D eigenvalue weighted by atomic mass is 9.80. The van der Waals surface area contributed by atoms with Crippen LogP contribution in [0.25, 0.3) is 0 Å². The molecule has 2 aliphatic rings. The summed E-state index contributed by atoms with van der Waals surface area (Å²) >= 11 is 0. The summed E-state index contributed by atoms with van der Waals surface area (Å²) in [4.78, 5) is 66.0. The zero-order valence-electron chi connectivity index (χ0n) is 50.4. The van der Waals surface area contributed by atoms with E-state index in [0.717, 1.165) is 68.5 Å². The molecule has 0 radical (unpaired) electrons. The van der Waals surface area contributed by atoms with E-state index < -0.39 is 34.4 Å². The lowest BCUT2D eigenvalue weighted by Gasteiger charge is -2.54. The molecule has 4 unspecified atom stereocenters. The summed E-state index contributed by atoms with van der Waals surface area (Å²) in [6.45, 7) is 36.8. The van der Waals surface area contributed by atoms with Gasteiger partial charge in [0.25, 0.3) is 0 Å². The van der Waals surface area contributed by atoms with Crippen molar-refractivity contribution >= 4 is 23.9 Å². The Bertz CT molecular complexity index is 2470. The third-order valence-corrected chi connectivity index (χ3v) is 15.8. The van der Waals surface area contributed by atoms with E-state index in [1.807, 2.05) is 142 Å². The van der Waals surface area contributed by atoms with E-state index in [-0.39, 0.29) is 48.3 Å². The van der Waals surface area contributed by atoms with Crippen LogP contribution in [0.5, 0.6) is 0 Å². The number of nitrogens with zero attached hydrogens (tertiary/aromatic N) is 2. The number of hydrogen-bond donors (Lipinski definition) is 0. The molecule has 4 atom stereocenters. The second-order valence-corrected chi connectivity index (χ2v) is 25.3. The lowest BCUT2D eigenvalue weighted by Crippen LogP contribution is -2.62. The standard InChI is InChI=1S/C66H92N2O10/c1-41-33-43(3)59(44(4)34-41)61(71)75-55-37-63(11,12)67(64(13,14)38-55)77-49(9)53-29-25-51(26-30-53)47(7)73-57(69)23-21-19-20-22-24-58(70)74-48(8)52-27-31-54(32-28-52)50(10)78-68-65(15,16)39-56(40-66(68,17)18)76-62(72)60-45(5)35-42(2)36-46(60)6/h25-36,47-50,55-56H,19-24,37-40H2,1-18H3. The van der Waals surface area contributed by atoms with Crippen LogP contribution in [0, 0.1) is 41.5 Å². The van der Waals surface area contributed by atoms with Gasteiger partial charge in [-0.2, -0.15) is 10.1 Å². The van der Waals surface area contributed by atoms with Gasteiger partial charge < -0.3 is 18.9 Å². The number of aryl methyl sites for hydroxylation is 6. The largest absolute Gasteiger partial charge is 0.459 e. The van der Waals surface area contributed by atoms with E-state index in [9.17, 15) is 19.2 Å². The second-order valence-electron chi connectivity index (χ2n) is 25.3. The molecule has 2 aliphatic heterocycles. The molecule has 2 fully saturated rings. The molecule has 4 aromatic rings. The summed E-state index contributed by atoms with van der Waals surface area (Å²) in [5.74, 6) is -1.04. The molecule has 12 heteroatoms. The molecule has 0 N–H and O–H groups in total. The molecule has 426 valence electrons. The minimum absolute atomic E-state index is 0.248. The fourth-order valence-electron chi connectivity index (χ4n) is 12.6. The third-order valence-electron chi connectivity index (χ3n) is 15.8. The molecule has 0 saturated carbocycles. The lowest BCUT2D eigenvalue weighted by molar-refractivity contribution is -0.313. The molecule has 6 rings (SSSR count). The van der Waals surface area contributed by atoms with Crippen molar-refractivity contribution in [3.8, 4) is 0 Å². The smallest absolute Gasteiger partial charge is 0.338 e. The van der Waals surface area contributed by atoms with Gasteiger partial charge in [0, 0.05) is 60.7 Å². The molecular weight excluding hydrogens is 981 g/mol. The number of unbranched alkanes of at least 4 members (excludes halogenated alkanes) is 3. The van der Waals surface area contributed by atoms with Gasteiger partial charge in [-0.05, 0) is 182 Å². The van der Waals surface area contributed by atoms with Gasteiger partial charge in [-0.25, -0.2) is 9.59 Å². The van der Waals surface area contributed by atoms with Gasteiger partial charge >= 0.3 is 23.9 Å². The van der Waals surface area contributed by atoms with Gasteiger partial charge in [0.15, 0.2) is 0 Å². The molecule has 0 spiro atoms. The average Bonchev–Trinajstić information content (AvgIpc) is 3.32. The van der Waals surface area contributed by atoms with Crippen molar-refractivity contribution in [2.24, 2.45) is 0 Å². The number of piperidine rings is 2. The fourth-order valence-corrected chi connectivity index (χ4v) is 12.6. The molecule has 0 bridgehead atoms. The quantitative estimate of drug-likeness (QED) is 0.0447. The Kier molecular flexibility index (Phi) is 20.1. The van der Waals surface area contributed by atoms with Gasteiger partial charge in [0.1, 0.15) is 36.6 Å². The van der Waals surface area contributed by atoms with E-state index in [4.69, 9.17) is 28.6 Å². The van der Waals surface area contributed by atoms with Crippen molar-refractivity contribution in [1.82, 2.24) is 10.1 Å². The summed E-state index contributed by atoms with van der Waals surface area (Å²) in [7, 11) is 0. The van der Waals surface area contributed by atoms with Crippen molar-refractivity contribution < 1.29 is 47.8 Å². The van der Waals surface area contributed by atoms with Crippen LogP contribution in [-0.4, -0.2) is 68.4 Å². The highest BCUT2D eigenvalue weighted by Crippen LogP contribution is 2.44. The van der Waals surface area contributed by atoms with Crippen LogP contribution in [-0.2, 0) is 38.2 Å². The van der Waals surface area contributed by atoms with Gasteiger partial charge in [-0.3, -0.25) is 19.3 Å². The summed E-state index contributed by atoms with van der Waals surface area (Å²) in [6, 6.07) is 24.1. The number of hydroxylamine groups is 4. The zero-order chi connectivity index (χ0) is 57.7. The summed E-state index contributed by atoms with van der Waals surface area (Å²) < 4.78 is 24.0. The summed E-state index contributed by atoms with van der Waals surface area (Å²) in [6.07, 6.45) is 4.24. The number of esters is 4. The molecule has 2 saturated heterocycles. The fraction of sp³-hybridized carbons (Fsp3) is 0.576. The van der Waals surface area contributed by atoms with Crippen LogP contribution < -0.4 is 0 Å². The molecule has 0 aliphatic carbocycles. The van der Waals surface area contributed by atoms with Gasteiger partial charge in [-0.1, -0.05) is 96.8 Å². The molecular formula is C66H92N2O10. The Morgan fingerprint density at radius 2 is 0.692 bits per heavy atom. The Balaban J connectivity index is 0.869. The highest BCUT2D eigenvalue weighted by atomic mass is 16.7. The van der Waals surface area contributed by atoms with E-state index >= 15 is 0 Å². The van der Waals surface area contributed by atoms with E-state index in [2.05, 4.69) is 65.5 Å². The number of rotatable bonds is 21. The third kappa shape index (κ3) is 15.7. The zero-order valence-corrected chi connectivity index (χ0v) is 50.4. The molecule has 4 aromatic carbocycles. The van der Waals surface area contributed by atoms with Crippen molar-refractivity contribution in [3.05, 3.63) is 140 Å². The maximum atomic E-state index is 13.4.